The Morgan fingerprint density at radius 3 is 2.50 bits per heavy atom. The number of rotatable bonds is 3. The third-order valence-electron chi connectivity index (χ3n) is 4.15. The number of carbonyl (C=O) groups is 1. The molecule has 2 aromatic carbocycles. The van der Waals surface area contributed by atoms with Crippen LogP contribution in [0.15, 0.2) is 42.5 Å². The summed E-state index contributed by atoms with van der Waals surface area (Å²) in [4.78, 5) is 12.3. The lowest BCUT2D eigenvalue weighted by molar-refractivity contribution is 0.0951. The quantitative estimate of drug-likeness (QED) is 0.942. The van der Waals surface area contributed by atoms with Crippen molar-refractivity contribution < 1.29 is 4.79 Å². The van der Waals surface area contributed by atoms with Crippen LogP contribution in [0.5, 0.6) is 0 Å². The summed E-state index contributed by atoms with van der Waals surface area (Å²) in [5, 5.41) is 11.7. The Balaban J connectivity index is 1.65. The first-order chi connectivity index (χ1) is 10.8. The number of carbonyl (C=O) groups excluding carboxylic acids is 1. The molecule has 1 aliphatic carbocycles. The first-order valence-electron chi connectivity index (χ1n) is 7.65. The largest absolute Gasteiger partial charge is 0.348 e. The van der Waals surface area contributed by atoms with Crippen molar-refractivity contribution in [3.63, 3.8) is 0 Å². The Bertz CT molecular complexity index is 726. The van der Waals surface area contributed by atoms with Crippen LogP contribution in [0.4, 0.5) is 0 Å². The summed E-state index contributed by atoms with van der Waals surface area (Å²) in [6.07, 6.45) is 4.66. The summed E-state index contributed by atoms with van der Waals surface area (Å²) in [5.74, 6) is -0.0438. The van der Waals surface area contributed by atoms with Crippen molar-refractivity contribution in [1.82, 2.24) is 5.32 Å². The fraction of sp³-hybridized carbons (Fsp3) is 0.263. The molecule has 0 saturated heterocycles. The molecule has 0 aromatic heterocycles. The van der Waals surface area contributed by atoms with E-state index in [1.165, 1.54) is 24.0 Å². The van der Waals surface area contributed by atoms with E-state index in [1.54, 1.807) is 12.1 Å². The van der Waals surface area contributed by atoms with Gasteiger partial charge in [0.2, 0.25) is 0 Å². The molecule has 0 radical (unpaired) electrons. The third-order valence-corrected chi connectivity index (χ3v) is 4.15. The van der Waals surface area contributed by atoms with Gasteiger partial charge in [-0.05, 0) is 66.6 Å². The van der Waals surface area contributed by atoms with Gasteiger partial charge < -0.3 is 5.32 Å². The van der Waals surface area contributed by atoms with Crippen LogP contribution in [-0.4, -0.2) is 5.91 Å². The van der Waals surface area contributed by atoms with E-state index in [0.717, 1.165) is 24.0 Å². The fourth-order valence-electron chi connectivity index (χ4n) is 2.86. The number of nitriles is 1. The van der Waals surface area contributed by atoms with E-state index in [0.29, 0.717) is 12.1 Å². The molecule has 3 heteroatoms. The fourth-order valence-corrected chi connectivity index (χ4v) is 2.86. The van der Waals surface area contributed by atoms with Crippen molar-refractivity contribution in [2.24, 2.45) is 0 Å². The van der Waals surface area contributed by atoms with Gasteiger partial charge >= 0.3 is 0 Å². The van der Waals surface area contributed by atoms with Crippen LogP contribution < -0.4 is 5.32 Å². The number of nitrogens with zero attached hydrogens (tertiary/aromatic N) is 1. The SMILES string of the molecule is N#Cc1ccc(CNC(=O)c2ccc3c(c2)CCCC3)cc1. The lowest BCUT2D eigenvalue weighted by Gasteiger charge is -2.16. The average molecular weight is 290 g/mol. The van der Waals surface area contributed by atoms with Crippen molar-refractivity contribution in [3.8, 4) is 6.07 Å². The van der Waals surface area contributed by atoms with E-state index >= 15 is 0 Å². The number of aryl methyl sites for hydroxylation is 2. The molecule has 1 N–H and O–H groups in total. The van der Waals surface area contributed by atoms with Crippen molar-refractivity contribution in [2.45, 2.75) is 32.2 Å². The molecule has 0 saturated carbocycles. The predicted molar refractivity (Wildman–Crippen MR) is 85.4 cm³/mol. The van der Waals surface area contributed by atoms with Gasteiger partial charge in [0.1, 0.15) is 0 Å². The van der Waals surface area contributed by atoms with Crippen LogP contribution in [0.2, 0.25) is 0 Å². The van der Waals surface area contributed by atoms with Crippen LogP contribution in [0, 0.1) is 11.3 Å². The molecule has 0 aliphatic heterocycles. The van der Waals surface area contributed by atoms with Crippen LogP contribution in [0.25, 0.3) is 0 Å². The van der Waals surface area contributed by atoms with Gasteiger partial charge in [-0.3, -0.25) is 4.79 Å². The molecule has 2 aromatic rings. The van der Waals surface area contributed by atoms with Crippen molar-refractivity contribution >= 4 is 5.91 Å². The highest BCUT2D eigenvalue weighted by Gasteiger charge is 2.12. The maximum Gasteiger partial charge on any atom is 0.251 e. The first kappa shape index (κ1) is 14.3. The zero-order valence-electron chi connectivity index (χ0n) is 12.4. The van der Waals surface area contributed by atoms with Crippen LogP contribution >= 0.6 is 0 Å². The zero-order valence-corrected chi connectivity index (χ0v) is 12.4. The molecule has 0 atom stereocenters. The number of hydrogen-bond acceptors (Lipinski definition) is 2. The summed E-state index contributed by atoms with van der Waals surface area (Å²) >= 11 is 0. The molecule has 22 heavy (non-hydrogen) atoms. The lowest BCUT2D eigenvalue weighted by Crippen LogP contribution is -2.23. The normalized spacial score (nSPS) is 13.0. The predicted octanol–water partition coefficient (Wildman–Crippen LogP) is 3.37. The minimum Gasteiger partial charge on any atom is -0.348 e. The second-order valence-electron chi connectivity index (χ2n) is 5.68. The molecular weight excluding hydrogens is 272 g/mol. The number of fused-ring (bicyclic) bond motifs is 1. The molecular formula is C19H18N2O. The van der Waals surface area contributed by atoms with Gasteiger partial charge in [0.05, 0.1) is 11.6 Å². The Morgan fingerprint density at radius 2 is 1.77 bits per heavy atom. The summed E-state index contributed by atoms with van der Waals surface area (Å²) in [5.41, 5.74) is 5.05. The lowest BCUT2D eigenvalue weighted by atomic mass is 9.90. The summed E-state index contributed by atoms with van der Waals surface area (Å²) in [6, 6.07) is 15.4. The molecule has 0 fully saturated rings. The van der Waals surface area contributed by atoms with Crippen molar-refractivity contribution in [1.29, 1.82) is 5.26 Å². The maximum absolute atomic E-state index is 12.3. The van der Waals surface area contributed by atoms with Crippen LogP contribution in [0.1, 0.15) is 45.5 Å². The minimum atomic E-state index is -0.0438. The molecule has 110 valence electrons. The monoisotopic (exact) mass is 290 g/mol. The van der Waals surface area contributed by atoms with E-state index in [9.17, 15) is 4.79 Å². The van der Waals surface area contributed by atoms with E-state index in [-0.39, 0.29) is 5.91 Å². The van der Waals surface area contributed by atoms with Crippen LogP contribution in [0.3, 0.4) is 0 Å². The van der Waals surface area contributed by atoms with Gasteiger partial charge in [0.15, 0.2) is 0 Å². The molecule has 0 unspecified atom stereocenters. The smallest absolute Gasteiger partial charge is 0.251 e. The van der Waals surface area contributed by atoms with E-state index in [2.05, 4.69) is 17.5 Å². The summed E-state index contributed by atoms with van der Waals surface area (Å²) < 4.78 is 0. The molecule has 3 nitrogen and oxygen atoms in total. The van der Waals surface area contributed by atoms with Gasteiger partial charge in [0, 0.05) is 12.1 Å². The minimum absolute atomic E-state index is 0.0438. The highest BCUT2D eigenvalue weighted by molar-refractivity contribution is 5.94. The third kappa shape index (κ3) is 3.17. The summed E-state index contributed by atoms with van der Waals surface area (Å²) in [6.45, 7) is 0.474. The number of nitrogens with one attached hydrogen (secondary N) is 1. The number of benzene rings is 2. The van der Waals surface area contributed by atoms with E-state index in [1.807, 2.05) is 24.3 Å². The molecule has 0 heterocycles. The zero-order chi connectivity index (χ0) is 15.4. The van der Waals surface area contributed by atoms with Crippen LogP contribution in [-0.2, 0) is 19.4 Å². The molecule has 1 aliphatic rings. The van der Waals surface area contributed by atoms with E-state index < -0.39 is 0 Å². The Labute approximate surface area is 130 Å². The topological polar surface area (TPSA) is 52.9 Å². The molecule has 3 rings (SSSR count). The summed E-state index contributed by atoms with van der Waals surface area (Å²) in [7, 11) is 0. The standard InChI is InChI=1S/C19H18N2O/c20-12-14-5-7-15(8-6-14)13-21-19(22)18-10-9-16-3-1-2-4-17(16)11-18/h5-11H,1-4,13H2,(H,21,22). The van der Waals surface area contributed by atoms with Crippen molar-refractivity contribution in [3.05, 3.63) is 70.3 Å². The van der Waals surface area contributed by atoms with Gasteiger partial charge in [0.25, 0.3) is 5.91 Å². The Hall–Kier alpha value is -2.60. The van der Waals surface area contributed by atoms with Gasteiger partial charge in [-0.2, -0.15) is 5.26 Å². The van der Waals surface area contributed by atoms with Gasteiger partial charge in [-0.25, -0.2) is 0 Å². The second-order valence-corrected chi connectivity index (χ2v) is 5.68. The average Bonchev–Trinajstić information content (AvgIpc) is 2.59. The van der Waals surface area contributed by atoms with Crippen molar-refractivity contribution in [2.75, 3.05) is 0 Å². The van der Waals surface area contributed by atoms with E-state index in [4.69, 9.17) is 5.26 Å². The van der Waals surface area contributed by atoms with Gasteiger partial charge in [-0.15, -0.1) is 0 Å². The molecule has 0 bridgehead atoms. The Morgan fingerprint density at radius 1 is 1.05 bits per heavy atom. The molecule has 1 amide bonds. The Kier molecular flexibility index (Phi) is 4.20. The highest BCUT2D eigenvalue weighted by Crippen LogP contribution is 2.22. The second kappa shape index (κ2) is 6.44. The first-order valence-corrected chi connectivity index (χ1v) is 7.65. The maximum atomic E-state index is 12.3. The van der Waals surface area contributed by atoms with Gasteiger partial charge in [-0.1, -0.05) is 18.2 Å². The number of amides is 1. The molecule has 0 spiro atoms. The highest BCUT2D eigenvalue weighted by atomic mass is 16.1. The number of hydrogen-bond donors (Lipinski definition) is 1.